The summed E-state index contributed by atoms with van der Waals surface area (Å²) in [6, 6.07) is 6.62. The molecule has 0 bridgehead atoms. The maximum atomic E-state index is 13.5. The summed E-state index contributed by atoms with van der Waals surface area (Å²) < 4.78 is 86.2. The zero-order chi connectivity index (χ0) is 29.1. The molecule has 2 aliphatic heterocycles. The Morgan fingerprint density at radius 1 is 0.976 bits per heavy atom. The summed E-state index contributed by atoms with van der Waals surface area (Å²) in [5.41, 5.74) is -0.534. The maximum absolute atomic E-state index is 13.5. The molecule has 13 heteroatoms. The van der Waals surface area contributed by atoms with Gasteiger partial charge in [0.1, 0.15) is 0 Å². The van der Waals surface area contributed by atoms with E-state index >= 15 is 0 Å². The number of benzene rings is 2. The van der Waals surface area contributed by atoms with Gasteiger partial charge in [0.2, 0.25) is 0 Å². The number of carbonyl (C=O) groups is 1. The number of nitrogens with one attached hydrogen (secondary N) is 1. The first-order chi connectivity index (χ1) is 18.8. The molecule has 42 heavy (non-hydrogen) atoms. The summed E-state index contributed by atoms with van der Waals surface area (Å²) in [5.74, 6) is -0.843. The van der Waals surface area contributed by atoms with Crippen LogP contribution in [0.5, 0.6) is 0 Å². The second kappa shape index (κ2) is 14.9. The van der Waals surface area contributed by atoms with E-state index in [0.717, 1.165) is 23.2 Å². The second-order valence-electron chi connectivity index (χ2n) is 10.4. The molecule has 0 radical (unpaired) electrons. The number of nitrogens with zero attached hydrogens (tertiary/aromatic N) is 2. The zero-order valence-corrected chi connectivity index (χ0v) is 24.9. The van der Waals surface area contributed by atoms with Crippen molar-refractivity contribution in [3.63, 3.8) is 0 Å². The molecule has 2 fully saturated rings. The van der Waals surface area contributed by atoms with Crippen LogP contribution in [0.25, 0.3) is 0 Å². The molecule has 2 aromatic rings. The first-order valence-electron chi connectivity index (χ1n) is 13.2. The Balaban J connectivity index is 0.00000308. The van der Waals surface area contributed by atoms with Gasteiger partial charge < -0.3 is 15.0 Å². The fourth-order valence-corrected chi connectivity index (χ4v) is 5.06. The van der Waals surface area contributed by atoms with Crippen LogP contribution in [0.2, 0.25) is 0 Å². The first-order valence-corrected chi connectivity index (χ1v) is 13.2. The van der Waals surface area contributed by atoms with E-state index in [9.17, 15) is 31.1 Å². The monoisotopic (exact) mass is 641 g/mol. The molecular weight excluding hydrogens is 607 g/mol. The molecule has 2 atom stereocenters. The lowest BCUT2D eigenvalue weighted by Gasteiger charge is -2.41. The molecule has 1 amide bonds. The summed E-state index contributed by atoms with van der Waals surface area (Å²) in [5, 5.41) is 3.34. The third kappa shape index (κ3) is 9.34. The summed E-state index contributed by atoms with van der Waals surface area (Å²) in [6.07, 6.45) is -5.61. The predicted octanol–water partition coefficient (Wildman–Crippen LogP) is 6.10. The smallest absolute Gasteiger partial charge is 0.378 e. The predicted molar refractivity (Wildman–Crippen MR) is 154 cm³/mol. The Labute approximate surface area is 254 Å². The van der Waals surface area contributed by atoms with Gasteiger partial charge in [0.15, 0.2) is 0 Å². The molecule has 4 rings (SSSR count). The van der Waals surface area contributed by atoms with E-state index in [0.29, 0.717) is 51.4 Å². The van der Waals surface area contributed by atoms with Gasteiger partial charge in [-0.2, -0.15) is 26.3 Å². The SMILES string of the molecule is Cc1ccc(C[C@@H]2CN(C/C=C/[C@@H]3COCCN3)CCN2C(=O)c2cc(C(F)(F)F)cc(C(F)(F)F)c2)cc1C.Cl.Cl. The Morgan fingerprint density at radius 2 is 1.64 bits per heavy atom. The van der Waals surface area contributed by atoms with E-state index in [2.05, 4.69) is 10.2 Å². The highest BCUT2D eigenvalue weighted by molar-refractivity contribution is 5.95. The molecule has 2 aliphatic rings. The number of hydrogen-bond acceptors (Lipinski definition) is 4. The minimum absolute atomic E-state index is 0. The zero-order valence-electron chi connectivity index (χ0n) is 23.2. The van der Waals surface area contributed by atoms with Crippen LogP contribution in [0.15, 0.2) is 48.6 Å². The van der Waals surface area contributed by atoms with Crippen molar-refractivity contribution in [1.29, 1.82) is 0 Å². The number of piperazine rings is 1. The van der Waals surface area contributed by atoms with Gasteiger partial charge >= 0.3 is 12.4 Å². The van der Waals surface area contributed by atoms with Gasteiger partial charge in [0.05, 0.1) is 24.3 Å². The Hall–Kier alpha value is -2.31. The summed E-state index contributed by atoms with van der Waals surface area (Å²) in [4.78, 5) is 17.1. The minimum Gasteiger partial charge on any atom is -0.378 e. The second-order valence-corrected chi connectivity index (χ2v) is 10.4. The molecule has 0 saturated carbocycles. The van der Waals surface area contributed by atoms with Crippen molar-refractivity contribution in [3.8, 4) is 0 Å². The third-order valence-electron chi connectivity index (χ3n) is 7.39. The normalized spacial score (nSPS) is 20.2. The van der Waals surface area contributed by atoms with Crippen molar-refractivity contribution in [3.05, 3.63) is 81.9 Å². The fourth-order valence-electron chi connectivity index (χ4n) is 5.06. The largest absolute Gasteiger partial charge is 0.416 e. The average molecular weight is 643 g/mol. The number of aryl methyl sites for hydroxylation is 2. The lowest BCUT2D eigenvalue weighted by Crippen LogP contribution is -2.56. The van der Waals surface area contributed by atoms with Crippen molar-refractivity contribution in [2.75, 3.05) is 45.9 Å². The van der Waals surface area contributed by atoms with Crippen molar-refractivity contribution < 1.29 is 35.9 Å². The van der Waals surface area contributed by atoms with Crippen LogP contribution in [0, 0.1) is 13.8 Å². The van der Waals surface area contributed by atoms with Crippen molar-refractivity contribution in [2.45, 2.75) is 44.7 Å². The standard InChI is InChI=1S/C29H33F6N3O2.2ClH/c1-19-5-6-21(12-20(19)2)13-26-17-37(8-3-4-25-18-40-11-7-36-25)9-10-38(26)27(39)22-14-23(28(30,31)32)16-24(15-22)29(33,34)35;;/h3-6,12,14-16,25-26,36H,7-11,13,17-18H2,1-2H3;2*1H/b4-3+;;/t25-,26-;;/m1../s1. The van der Waals surface area contributed by atoms with Crippen LogP contribution in [0.1, 0.15) is 38.2 Å². The van der Waals surface area contributed by atoms with Crippen LogP contribution in [-0.4, -0.2) is 73.7 Å². The van der Waals surface area contributed by atoms with Crippen molar-refractivity contribution in [1.82, 2.24) is 15.1 Å². The molecule has 2 saturated heterocycles. The molecule has 2 aromatic carbocycles. The van der Waals surface area contributed by atoms with Gasteiger partial charge in [-0.1, -0.05) is 30.4 Å². The number of carbonyl (C=O) groups excluding carboxylic acids is 1. The number of ether oxygens (including phenoxy) is 1. The summed E-state index contributed by atoms with van der Waals surface area (Å²) >= 11 is 0. The van der Waals surface area contributed by atoms with Crippen LogP contribution in [-0.2, 0) is 23.5 Å². The number of rotatable bonds is 6. The number of alkyl halides is 6. The van der Waals surface area contributed by atoms with Gasteiger partial charge in [-0.15, -0.1) is 24.8 Å². The molecule has 0 spiro atoms. The summed E-state index contributed by atoms with van der Waals surface area (Å²) in [7, 11) is 0. The average Bonchev–Trinajstić information content (AvgIpc) is 2.90. The van der Waals surface area contributed by atoms with Gasteiger partial charge in [-0.05, 0) is 55.2 Å². The maximum Gasteiger partial charge on any atom is 0.416 e. The van der Waals surface area contributed by atoms with Crippen LogP contribution < -0.4 is 5.32 Å². The van der Waals surface area contributed by atoms with Crippen LogP contribution >= 0.6 is 24.8 Å². The molecule has 5 nitrogen and oxygen atoms in total. The van der Waals surface area contributed by atoms with Gasteiger partial charge in [-0.3, -0.25) is 9.69 Å². The quantitative estimate of drug-likeness (QED) is 0.306. The first kappa shape index (κ1) is 35.9. The van der Waals surface area contributed by atoms with Crippen LogP contribution in [0.4, 0.5) is 26.3 Å². The topological polar surface area (TPSA) is 44.8 Å². The lowest BCUT2D eigenvalue weighted by molar-refractivity contribution is -0.143. The molecule has 1 N–H and O–H groups in total. The van der Waals surface area contributed by atoms with Gasteiger partial charge in [-0.25, -0.2) is 0 Å². The minimum atomic E-state index is -5.03. The number of hydrogen-bond donors (Lipinski definition) is 1. The third-order valence-corrected chi connectivity index (χ3v) is 7.39. The van der Waals surface area contributed by atoms with E-state index in [-0.39, 0.29) is 43.5 Å². The van der Waals surface area contributed by atoms with Crippen molar-refractivity contribution >= 4 is 30.7 Å². The van der Waals surface area contributed by atoms with E-state index in [4.69, 9.17) is 4.74 Å². The highest BCUT2D eigenvalue weighted by Crippen LogP contribution is 2.37. The Kier molecular flexibility index (Phi) is 12.7. The Morgan fingerprint density at radius 3 is 2.21 bits per heavy atom. The fraction of sp³-hybridized carbons (Fsp3) is 0.483. The van der Waals surface area contributed by atoms with Crippen molar-refractivity contribution in [2.24, 2.45) is 0 Å². The highest BCUT2D eigenvalue weighted by atomic mass is 35.5. The van der Waals surface area contributed by atoms with E-state index in [1.807, 2.05) is 44.2 Å². The molecule has 2 heterocycles. The molecular formula is C29H35Cl2F6N3O2. The van der Waals surface area contributed by atoms with Gasteiger partial charge in [0, 0.05) is 50.4 Å². The Bertz CT molecular complexity index is 1200. The van der Waals surface area contributed by atoms with E-state index in [1.54, 1.807) is 0 Å². The number of morpholine rings is 1. The molecule has 0 unspecified atom stereocenters. The molecule has 0 aromatic heterocycles. The van der Waals surface area contributed by atoms with E-state index in [1.165, 1.54) is 4.90 Å². The molecule has 0 aliphatic carbocycles. The van der Waals surface area contributed by atoms with Crippen LogP contribution in [0.3, 0.4) is 0 Å². The number of halogens is 8. The van der Waals surface area contributed by atoms with E-state index < -0.39 is 41.0 Å². The lowest BCUT2D eigenvalue weighted by atomic mass is 9.97. The molecule has 234 valence electrons. The number of amides is 1. The van der Waals surface area contributed by atoms with Gasteiger partial charge in [0.25, 0.3) is 5.91 Å². The summed E-state index contributed by atoms with van der Waals surface area (Å²) in [6.45, 7) is 7.55. The highest BCUT2D eigenvalue weighted by Gasteiger charge is 2.39.